The van der Waals surface area contributed by atoms with Gasteiger partial charge < -0.3 is 5.32 Å². The van der Waals surface area contributed by atoms with Crippen molar-refractivity contribution < 1.29 is 13.2 Å². The third kappa shape index (κ3) is 3.20. The van der Waals surface area contributed by atoms with E-state index in [1.807, 2.05) is 6.92 Å². The number of rotatable bonds is 3. The van der Waals surface area contributed by atoms with Crippen LogP contribution in [0.15, 0.2) is 12.3 Å². The van der Waals surface area contributed by atoms with Gasteiger partial charge in [-0.25, -0.2) is 0 Å². The molecule has 1 aromatic heterocycles. The minimum Gasteiger partial charge on any atom is -0.313 e. The number of nitrogens with zero attached hydrogens (tertiary/aromatic N) is 1. The van der Waals surface area contributed by atoms with E-state index in [1.54, 1.807) is 0 Å². The first kappa shape index (κ1) is 12.0. The van der Waals surface area contributed by atoms with Gasteiger partial charge in [0.15, 0.2) is 0 Å². The monoisotopic (exact) mass is 218 g/mol. The predicted octanol–water partition coefficient (Wildman–Crippen LogP) is 2.52. The van der Waals surface area contributed by atoms with Gasteiger partial charge >= 0.3 is 6.18 Å². The van der Waals surface area contributed by atoms with E-state index in [2.05, 4.69) is 10.3 Å². The van der Waals surface area contributed by atoms with Crippen molar-refractivity contribution >= 4 is 0 Å². The highest BCUT2D eigenvalue weighted by Crippen LogP contribution is 2.31. The van der Waals surface area contributed by atoms with E-state index in [4.69, 9.17) is 0 Å². The Kier molecular flexibility index (Phi) is 3.68. The molecule has 0 saturated heterocycles. The Morgan fingerprint density at radius 3 is 2.60 bits per heavy atom. The zero-order valence-corrected chi connectivity index (χ0v) is 8.65. The number of aromatic nitrogens is 1. The topological polar surface area (TPSA) is 24.9 Å². The van der Waals surface area contributed by atoms with Crippen LogP contribution in [0, 0.1) is 6.92 Å². The molecular formula is C10H13F3N2. The van der Waals surface area contributed by atoms with Crippen molar-refractivity contribution in [3.8, 4) is 0 Å². The largest absolute Gasteiger partial charge is 0.418 e. The molecule has 0 spiro atoms. The fourth-order valence-electron chi connectivity index (χ4n) is 1.23. The van der Waals surface area contributed by atoms with Crippen molar-refractivity contribution in [1.82, 2.24) is 10.3 Å². The molecule has 1 aromatic rings. The molecule has 1 heterocycles. The van der Waals surface area contributed by atoms with E-state index >= 15 is 0 Å². The highest BCUT2D eigenvalue weighted by Gasteiger charge is 2.33. The summed E-state index contributed by atoms with van der Waals surface area (Å²) in [7, 11) is 0. The summed E-state index contributed by atoms with van der Waals surface area (Å²) >= 11 is 0. The van der Waals surface area contributed by atoms with E-state index in [9.17, 15) is 13.2 Å². The Hall–Kier alpha value is -1.10. The van der Waals surface area contributed by atoms with Crippen molar-refractivity contribution in [3.05, 3.63) is 29.1 Å². The molecule has 15 heavy (non-hydrogen) atoms. The van der Waals surface area contributed by atoms with E-state index in [0.29, 0.717) is 12.1 Å². The van der Waals surface area contributed by atoms with Crippen LogP contribution in [0.1, 0.15) is 23.7 Å². The number of nitrogens with one attached hydrogen (secondary N) is 1. The molecule has 84 valence electrons. The van der Waals surface area contributed by atoms with Crippen LogP contribution in [0.2, 0.25) is 0 Å². The molecule has 0 bridgehead atoms. The fraction of sp³-hybridized carbons (Fsp3) is 0.500. The Morgan fingerprint density at radius 1 is 1.40 bits per heavy atom. The second-order valence-corrected chi connectivity index (χ2v) is 3.25. The van der Waals surface area contributed by atoms with Crippen LogP contribution in [0.25, 0.3) is 0 Å². The molecule has 0 unspecified atom stereocenters. The third-order valence-electron chi connectivity index (χ3n) is 2.03. The molecule has 0 aliphatic carbocycles. The minimum absolute atomic E-state index is 0.0164. The van der Waals surface area contributed by atoms with Gasteiger partial charge in [0, 0.05) is 18.4 Å². The first-order chi connectivity index (χ1) is 6.95. The van der Waals surface area contributed by atoms with Gasteiger partial charge in [-0.1, -0.05) is 6.92 Å². The van der Waals surface area contributed by atoms with Crippen LogP contribution < -0.4 is 5.32 Å². The van der Waals surface area contributed by atoms with Crippen molar-refractivity contribution in [2.45, 2.75) is 26.6 Å². The lowest BCUT2D eigenvalue weighted by Gasteiger charge is -2.11. The number of hydrogen-bond acceptors (Lipinski definition) is 2. The second-order valence-electron chi connectivity index (χ2n) is 3.25. The quantitative estimate of drug-likeness (QED) is 0.843. The number of halogens is 3. The van der Waals surface area contributed by atoms with Gasteiger partial charge in [-0.05, 0) is 25.1 Å². The summed E-state index contributed by atoms with van der Waals surface area (Å²) in [5, 5.41) is 2.96. The molecule has 0 aliphatic heterocycles. The third-order valence-corrected chi connectivity index (χ3v) is 2.03. The molecule has 0 aromatic carbocycles. The molecule has 1 rings (SSSR count). The van der Waals surface area contributed by atoms with Gasteiger partial charge in [0.05, 0.1) is 5.56 Å². The predicted molar refractivity (Wildman–Crippen MR) is 51.4 cm³/mol. The first-order valence-electron chi connectivity index (χ1n) is 4.68. The lowest BCUT2D eigenvalue weighted by atomic mass is 10.1. The summed E-state index contributed by atoms with van der Waals surface area (Å²) in [5.41, 5.74) is -0.0876. The van der Waals surface area contributed by atoms with E-state index in [0.717, 1.165) is 12.6 Å². The average Bonchev–Trinajstić information content (AvgIpc) is 2.15. The van der Waals surface area contributed by atoms with Crippen molar-refractivity contribution in [3.63, 3.8) is 0 Å². The van der Waals surface area contributed by atoms with E-state index in [-0.39, 0.29) is 5.69 Å². The van der Waals surface area contributed by atoms with Crippen LogP contribution in [-0.4, -0.2) is 11.5 Å². The SMILES string of the molecule is CCNCc1cnc(C)c(C(F)(F)F)c1. The maximum absolute atomic E-state index is 12.5. The fourth-order valence-corrected chi connectivity index (χ4v) is 1.23. The summed E-state index contributed by atoms with van der Waals surface area (Å²) in [4.78, 5) is 3.74. The molecule has 0 aliphatic rings. The van der Waals surface area contributed by atoms with Crippen LogP contribution >= 0.6 is 0 Å². The summed E-state index contributed by atoms with van der Waals surface area (Å²) in [6.45, 7) is 4.38. The van der Waals surface area contributed by atoms with Gasteiger partial charge in [-0.3, -0.25) is 4.98 Å². The number of hydrogen-bond donors (Lipinski definition) is 1. The van der Waals surface area contributed by atoms with Gasteiger partial charge in [0.25, 0.3) is 0 Å². The Bertz CT molecular complexity index is 334. The Labute approximate surface area is 86.5 Å². The number of alkyl halides is 3. The number of aryl methyl sites for hydroxylation is 1. The van der Waals surface area contributed by atoms with Crippen LogP contribution in [0.4, 0.5) is 13.2 Å². The van der Waals surface area contributed by atoms with E-state index in [1.165, 1.54) is 13.1 Å². The minimum atomic E-state index is -4.32. The van der Waals surface area contributed by atoms with Crippen LogP contribution in [0.5, 0.6) is 0 Å². The van der Waals surface area contributed by atoms with Gasteiger partial charge in [0.2, 0.25) is 0 Å². The van der Waals surface area contributed by atoms with Crippen molar-refractivity contribution in [1.29, 1.82) is 0 Å². The summed E-state index contributed by atoms with van der Waals surface area (Å²) < 4.78 is 37.5. The molecule has 0 radical (unpaired) electrons. The lowest BCUT2D eigenvalue weighted by molar-refractivity contribution is -0.138. The highest BCUT2D eigenvalue weighted by atomic mass is 19.4. The second kappa shape index (κ2) is 4.61. The van der Waals surface area contributed by atoms with Gasteiger partial charge in [-0.15, -0.1) is 0 Å². The molecule has 0 fully saturated rings. The van der Waals surface area contributed by atoms with Gasteiger partial charge in [0.1, 0.15) is 0 Å². The lowest BCUT2D eigenvalue weighted by Crippen LogP contribution is -2.14. The first-order valence-corrected chi connectivity index (χ1v) is 4.68. The smallest absolute Gasteiger partial charge is 0.313 e. The summed E-state index contributed by atoms with van der Waals surface area (Å²) in [5.74, 6) is 0. The Morgan fingerprint density at radius 2 is 2.07 bits per heavy atom. The van der Waals surface area contributed by atoms with Crippen molar-refractivity contribution in [2.75, 3.05) is 6.54 Å². The van der Waals surface area contributed by atoms with Gasteiger partial charge in [-0.2, -0.15) is 13.2 Å². The highest BCUT2D eigenvalue weighted by molar-refractivity contribution is 5.27. The zero-order chi connectivity index (χ0) is 11.5. The maximum Gasteiger partial charge on any atom is 0.418 e. The molecule has 0 atom stereocenters. The van der Waals surface area contributed by atoms with Crippen molar-refractivity contribution in [2.24, 2.45) is 0 Å². The maximum atomic E-state index is 12.5. The molecule has 0 amide bonds. The average molecular weight is 218 g/mol. The zero-order valence-electron chi connectivity index (χ0n) is 8.65. The standard InChI is InChI=1S/C10H13F3N2/c1-3-14-5-8-4-9(10(11,12)13)7(2)15-6-8/h4,6,14H,3,5H2,1-2H3. The summed E-state index contributed by atoms with van der Waals surface area (Å²) in [6.07, 6.45) is -2.85. The molecule has 5 heteroatoms. The normalized spacial score (nSPS) is 11.8. The number of pyridine rings is 1. The molecule has 0 saturated carbocycles. The Balaban J connectivity index is 2.95. The molecule has 1 N–H and O–H groups in total. The van der Waals surface area contributed by atoms with Crippen LogP contribution in [-0.2, 0) is 12.7 Å². The molecule has 2 nitrogen and oxygen atoms in total. The summed E-state index contributed by atoms with van der Waals surface area (Å²) in [6, 6.07) is 1.14. The van der Waals surface area contributed by atoms with E-state index < -0.39 is 11.7 Å². The van der Waals surface area contributed by atoms with Crippen LogP contribution in [0.3, 0.4) is 0 Å². The molecular weight excluding hydrogens is 205 g/mol.